The van der Waals surface area contributed by atoms with E-state index in [4.69, 9.17) is 14.2 Å². The lowest BCUT2D eigenvalue weighted by atomic mass is 9.90. The highest BCUT2D eigenvalue weighted by atomic mass is 16.7. The summed E-state index contributed by atoms with van der Waals surface area (Å²) in [7, 11) is 0. The molecule has 1 saturated heterocycles. The molecule has 1 aromatic rings. The second-order valence-corrected chi connectivity index (χ2v) is 5.12. The third kappa shape index (κ3) is 3.24. The summed E-state index contributed by atoms with van der Waals surface area (Å²) in [5.41, 5.74) is 0.329. The van der Waals surface area contributed by atoms with E-state index in [1.54, 1.807) is 13.8 Å². The van der Waals surface area contributed by atoms with Gasteiger partial charge in [0.15, 0.2) is 0 Å². The fourth-order valence-corrected chi connectivity index (χ4v) is 1.78. The standard InChI is InChI=1S/C14H16O5/c1-14(2)9-18-12(15)11(14)19-13(16)17-8-10-6-4-3-5-7-10/h3-7,11H,8-9H2,1-2H3/t11-/m0/s1. The van der Waals surface area contributed by atoms with Gasteiger partial charge in [-0.1, -0.05) is 44.2 Å². The highest BCUT2D eigenvalue weighted by Crippen LogP contribution is 2.31. The zero-order chi connectivity index (χ0) is 13.9. The van der Waals surface area contributed by atoms with Gasteiger partial charge in [-0.05, 0) is 5.56 Å². The van der Waals surface area contributed by atoms with Crippen LogP contribution in [0.3, 0.4) is 0 Å². The van der Waals surface area contributed by atoms with Crippen LogP contribution in [0.4, 0.5) is 4.79 Å². The minimum atomic E-state index is -0.907. The van der Waals surface area contributed by atoms with Crippen molar-refractivity contribution in [1.82, 2.24) is 0 Å². The van der Waals surface area contributed by atoms with E-state index in [2.05, 4.69) is 0 Å². The molecule has 1 aromatic carbocycles. The van der Waals surface area contributed by atoms with Crippen LogP contribution in [0.25, 0.3) is 0 Å². The van der Waals surface area contributed by atoms with Gasteiger partial charge in [0.1, 0.15) is 13.2 Å². The molecular weight excluding hydrogens is 248 g/mol. The minimum absolute atomic E-state index is 0.113. The van der Waals surface area contributed by atoms with Gasteiger partial charge in [0.05, 0.1) is 0 Å². The van der Waals surface area contributed by atoms with Crippen LogP contribution in [-0.2, 0) is 25.6 Å². The topological polar surface area (TPSA) is 61.8 Å². The van der Waals surface area contributed by atoms with Crippen molar-refractivity contribution in [2.24, 2.45) is 5.41 Å². The summed E-state index contributed by atoms with van der Waals surface area (Å²) in [6, 6.07) is 9.24. The number of hydrogen-bond donors (Lipinski definition) is 0. The van der Waals surface area contributed by atoms with Crippen molar-refractivity contribution in [2.75, 3.05) is 6.61 Å². The SMILES string of the molecule is CC1(C)COC(=O)[C@@H]1OC(=O)OCc1ccccc1. The normalized spacial score (nSPS) is 20.7. The number of carbonyl (C=O) groups is 2. The van der Waals surface area contributed by atoms with Crippen LogP contribution in [0.5, 0.6) is 0 Å². The summed E-state index contributed by atoms with van der Waals surface area (Å²) >= 11 is 0. The van der Waals surface area contributed by atoms with E-state index in [1.807, 2.05) is 30.3 Å². The summed E-state index contributed by atoms with van der Waals surface area (Å²) in [6.07, 6.45) is -1.77. The Labute approximate surface area is 111 Å². The van der Waals surface area contributed by atoms with E-state index in [9.17, 15) is 9.59 Å². The Morgan fingerprint density at radius 1 is 1.37 bits per heavy atom. The Bertz CT molecular complexity index is 466. The van der Waals surface area contributed by atoms with Gasteiger partial charge in [-0.3, -0.25) is 0 Å². The maximum atomic E-state index is 11.6. The number of esters is 1. The van der Waals surface area contributed by atoms with Crippen molar-refractivity contribution in [3.8, 4) is 0 Å². The first-order valence-corrected chi connectivity index (χ1v) is 6.03. The maximum Gasteiger partial charge on any atom is 0.509 e. The molecule has 0 radical (unpaired) electrons. The predicted molar refractivity (Wildman–Crippen MR) is 66.2 cm³/mol. The van der Waals surface area contributed by atoms with E-state index in [-0.39, 0.29) is 13.2 Å². The molecule has 2 rings (SSSR count). The van der Waals surface area contributed by atoms with Crippen molar-refractivity contribution in [2.45, 2.75) is 26.6 Å². The van der Waals surface area contributed by atoms with Crippen LogP contribution in [0.2, 0.25) is 0 Å². The lowest BCUT2D eigenvalue weighted by molar-refractivity contribution is -0.146. The summed E-state index contributed by atoms with van der Waals surface area (Å²) < 4.78 is 14.9. The van der Waals surface area contributed by atoms with Gasteiger partial charge in [-0.15, -0.1) is 0 Å². The van der Waals surface area contributed by atoms with E-state index >= 15 is 0 Å². The van der Waals surface area contributed by atoms with Crippen molar-refractivity contribution < 1.29 is 23.8 Å². The molecule has 1 aliphatic rings. The van der Waals surface area contributed by atoms with Gasteiger partial charge in [0.25, 0.3) is 0 Å². The van der Waals surface area contributed by atoms with Crippen LogP contribution in [0.15, 0.2) is 30.3 Å². The van der Waals surface area contributed by atoms with Gasteiger partial charge < -0.3 is 14.2 Å². The van der Waals surface area contributed by atoms with E-state index < -0.39 is 23.6 Å². The third-order valence-corrected chi connectivity index (χ3v) is 2.92. The molecule has 0 N–H and O–H groups in total. The van der Waals surface area contributed by atoms with Crippen molar-refractivity contribution in [3.63, 3.8) is 0 Å². The number of benzene rings is 1. The van der Waals surface area contributed by atoms with Gasteiger partial charge in [0, 0.05) is 5.41 Å². The Hall–Kier alpha value is -2.04. The second kappa shape index (κ2) is 5.30. The first-order valence-electron chi connectivity index (χ1n) is 6.03. The molecule has 0 amide bonds. The van der Waals surface area contributed by atoms with Crippen molar-refractivity contribution >= 4 is 12.1 Å². The monoisotopic (exact) mass is 264 g/mol. The zero-order valence-corrected chi connectivity index (χ0v) is 10.9. The van der Waals surface area contributed by atoms with E-state index in [0.717, 1.165) is 5.56 Å². The van der Waals surface area contributed by atoms with Gasteiger partial charge in [-0.25, -0.2) is 9.59 Å². The van der Waals surface area contributed by atoms with Gasteiger partial charge in [-0.2, -0.15) is 0 Å². The molecule has 5 heteroatoms. The van der Waals surface area contributed by atoms with Crippen LogP contribution in [-0.4, -0.2) is 24.8 Å². The summed E-state index contributed by atoms with van der Waals surface area (Å²) in [4.78, 5) is 23.0. The molecule has 0 unspecified atom stereocenters. The quantitative estimate of drug-likeness (QED) is 0.784. The second-order valence-electron chi connectivity index (χ2n) is 5.12. The van der Waals surface area contributed by atoms with Crippen LogP contribution >= 0.6 is 0 Å². The lowest BCUT2D eigenvalue weighted by Gasteiger charge is -2.21. The molecule has 1 heterocycles. The van der Waals surface area contributed by atoms with Crippen LogP contribution in [0, 0.1) is 5.41 Å². The first kappa shape index (κ1) is 13.4. The smallest absolute Gasteiger partial charge is 0.462 e. The average molecular weight is 264 g/mol. The summed E-state index contributed by atoms with van der Waals surface area (Å²) in [5, 5.41) is 0. The third-order valence-electron chi connectivity index (χ3n) is 2.92. The average Bonchev–Trinajstić information content (AvgIpc) is 2.65. The highest BCUT2D eigenvalue weighted by molar-refractivity contribution is 5.80. The zero-order valence-electron chi connectivity index (χ0n) is 10.9. The fraction of sp³-hybridized carbons (Fsp3) is 0.429. The first-order chi connectivity index (χ1) is 8.99. The highest BCUT2D eigenvalue weighted by Gasteiger charge is 2.46. The molecule has 1 aliphatic heterocycles. The van der Waals surface area contributed by atoms with Gasteiger partial charge >= 0.3 is 12.1 Å². The molecule has 0 bridgehead atoms. The molecule has 1 atom stereocenters. The van der Waals surface area contributed by atoms with Gasteiger partial charge in [0.2, 0.25) is 6.10 Å². The largest absolute Gasteiger partial charge is 0.509 e. The Morgan fingerprint density at radius 2 is 2.05 bits per heavy atom. The molecule has 19 heavy (non-hydrogen) atoms. The molecule has 1 fully saturated rings. The molecule has 102 valence electrons. The molecule has 0 aliphatic carbocycles. The van der Waals surface area contributed by atoms with Crippen LogP contribution in [0.1, 0.15) is 19.4 Å². The molecule has 0 aromatic heterocycles. The number of hydrogen-bond acceptors (Lipinski definition) is 5. The number of carbonyl (C=O) groups excluding carboxylic acids is 2. The van der Waals surface area contributed by atoms with Crippen molar-refractivity contribution in [1.29, 1.82) is 0 Å². The Kier molecular flexibility index (Phi) is 3.74. The predicted octanol–water partition coefficient (Wildman–Crippen LogP) is 2.29. The van der Waals surface area contributed by atoms with E-state index in [0.29, 0.717) is 0 Å². The number of rotatable bonds is 3. The molecule has 0 saturated carbocycles. The summed E-state index contributed by atoms with van der Waals surface area (Å²) in [5.74, 6) is -0.526. The lowest BCUT2D eigenvalue weighted by Crippen LogP contribution is -2.35. The molecular formula is C14H16O5. The molecule has 0 spiro atoms. The summed E-state index contributed by atoms with van der Waals surface area (Å²) in [6.45, 7) is 3.95. The van der Waals surface area contributed by atoms with E-state index in [1.165, 1.54) is 0 Å². The minimum Gasteiger partial charge on any atom is -0.462 e. The van der Waals surface area contributed by atoms with Crippen molar-refractivity contribution in [3.05, 3.63) is 35.9 Å². The Balaban J connectivity index is 1.86. The Morgan fingerprint density at radius 3 is 2.63 bits per heavy atom. The molecule has 5 nitrogen and oxygen atoms in total. The maximum absolute atomic E-state index is 11.6. The van der Waals surface area contributed by atoms with Crippen LogP contribution < -0.4 is 0 Å². The fourth-order valence-electron chi connectivity index (χ4n) is 1.78. The number of ether oxygens (including phenoxy) is 3. The number of cyclic esters (lactones) is 1.